The van der Waals surface area contributed by atoms with Gasteiger partial charge in [0.15, 0.2) is 16.5 Å². The largest absolute Gasteiger partial charge is 0.293 e. The molecule has 0 fully saturated rings. The number of nitrogens with zero attached hydrogens (tertiary/aromatic N) is 2. The van der Waals surface area contributed by atoms with Crippen LogP contribution in [0.5, 0.6) is 0 Å². The van der Waals surface area contributed by atoms with Crippen molar-refractivity contribution in [3.63, 3.8) is 0 Å². The first-order valence-corrected chi connectivity index (χ1v) is 8.66. The van der Waals surface area contributed by atoms with Gasteiger partial charge in [-0.3, -0.25) is 4.79 Å². The van der Waals surface area contributed by atoms with Gasteiger partial charge in [-0.05, 0) is 34.7 Å². The lowest BCUT2D eigenvalue weighted by Crippen LogP contribution is -1.94. The highest BCUT2D eigenvalue weighted by Gasteiger charge is 2.13. The Kier molecular flexibility index (Phi) is 4.81. The van der Waals surface area contributed by atoms with E-state index >= 15 is 0 Å². The summed E-state index contributed by atoms with van der Waals surface area (Å²) in [5, 5.41) is 11.1. The molecule has 0 saturated heterocycles. The Bertz CT molecular complexity index is 836. The third-order valence-corrected chi connectivity index (χ3v) is 4.81. The van der Waals surface area contributed by atoms with Crippen molar-refractivity contribution in [3.05, 3.63) is 59.8 Å². The molecular weight excluding hydrogens is 318 g/mol. The van der Waals surface area contributed by atoms with E-state index < -0.39 is 0 Å². The molecule has 0 spiro atoms. The summed E-state index contributed by atoms with van der Waals surface area (Å²) in [6, 6.07) is 16.9. The Balaban J connectivity index is 1.78. The van der Waals surface area contributed by atoms with Crippen LogP contribution in [0.2, 0.25) is 0 Å². The Labute approximate surface area is 145 Å². The third kappa shape index (κ3) is 3.57. The number of Topliss-reactive ketones (excluding diaryl/α,β-unsaturated/α-hetero) is 1. The number of rotatable bonds is 5. The maximum Gasteiger partial charge on any atom is 0.182 e. The van der Waals surface area contributed by atoms with Crippen LogP contribution < -0.4 is 0 Å². The number of aromatic nitrogens is 3. The topological polar surface area (TPSA) is 58.6 Å². The molecule has 0 aliphatic carbocycles. The number of carbonyl (C=O) groups excluding carboxylic acids is 1. The van der Waals surface area contributed by atoms with Crippen LogP contribution in [0.3, 0.4) is 0 Å². The fourth-order valence-corrected chi connectivity index (χ4v) is 3.28. The molecule has 0 amide bonds. The maximum atomic E-state index is 11.5. The average Bonchev–Trinajstić information content (AvgIpc) is 3.04. The zero-order chi connectivity index (χ0) is 17.1. The van der Waals surface area contributed by atoms with Gasteiger partial charge in [0.25, 0.3) is 0 Å². The van der Waals surface area contributed by atoms with Crippen molar-refractivity contribution in [2.24, 2.45) is 0 Å². The molecule has 5 heteroatoms. The minimum atomic E-state index is -0.0897. The van der Waals surface area contributed by atoms with E-state index in [1.807, 2.05) is 12.1 Å². The highest BCUT2D eigenvalue weighted by atomic mass is 32.2. The van der Waals surface area contributed by atoms with E-state index in [1.165, 1.54) is 35.4 Å². The van der Waals surface area contributed by atoms with Crippen molar-refractivity contribution in [3.8, 4) is 11.1 Å². The van der Waals surface area contributed by atoms with Gasteiger partial charge in [-0.2, -0.15) is 10.3 Å². The number of aromatic amines is 1. The minimum absolute atomic E-state index is 0.0897. The third-order valence-electron chi connectivity index (χ3n) is 3.83. The van der Waals surface area contributed by atoms with Gasteiger partial charge in [0.1, 0.15) is 0 Å². The number of nitrogens with one attached hydrogen (secondary N) is 1. The van der Waals surface area contributed by atoms with E-state index in [1.54, 1.807) is 0 Å². The number of carbonyl (C=O) groups is 1. The Morgan fingerprint density at radius 3 is 2.08 bits per heavy atom. The second-order valence-electron chi connectivity index (χ2n) is 5.94. The van der Waals surface area contributed by atoms with Gasteiger partial charge in [0, 0.05) is 11.8 Å². The molecule has 1 aromatic heterocycles. The van der Waals surface area contributed by atoms with E-state index in [0.29, 0.717) is 16.6 Å². The second-order valence-corrected chi connectivity index (χ2v) is 7.00. The van der Waals surface area contributed by atoms with Gasteiger partial charge in [0.2, 0.25) is 0 Å². The summed E-state index contributed by atoms with van der Waals surface area (Å²) in [7, 11) is 0. The molecule has 3 rings (SSSR count). The van der Waals surface area contributed by atoms with Crippen LogP contribution >= 0.6 is 11.8 Å². The summed E-state index contributed by atoms with van der Waals surface area (Å²) in [4.78, 5) is 12.5. The van der Waals surface area contributed by atoms with Crippen LogP contribution in [-0.4, -0.2) is 21.2 Å². The van der Waals surface area contributed by atoms with Gasteiger partial charge in [-0.15, -0.1) is 5.10 Å². The molecular formula is C19H19N3OS. The maximum absolute atomic E-state index is 11.5. The van der Waals surface area contributed by atoms with Crippen molar-refractivity contribution in [2.45, 2.75) is 36.6 Å². The van der Waals surface area contributed by atoms with E-state index in [2.05, 4.69) is 65.7 Å². The van der Waals surface area contributed by atoms with Crippen molar-refractivity contribution >= 4 is 17.5 Å². The molecule has 0 atom stereocenters. The van der Waals surface area contributed by atoms with Crippen LogP contribution in [0.15, 0.2) is 58.5 Å². The average molecular weight is 337 g/mol. The lowest BCUT2D eigenvalue weighted by molar-refractivity contribution is 0.101. The summed E-state index contributed by atoms with van der Waals surface area (Å²) in [6.07, 6.45) is 0. The van der Waals surface area contributed by atoms with Gasteiger partial charge in [-0.25, -0.2) is 0 Å². The molecule has 0 radical (unpaired) electrons. The Morgan fingerprint density at radius 2 is 1.54 bits per heavy atom. The van der Waals surface area contributed by atoms with E-state index in [9.17, 15) is 4.79 Å². The minimum Gasteiger partial charge on any atom is -0.293 e. The molecule has 0 aliphatic heterocycles. The molecule has 3 aromatic rings. The van der Waals surface area contributed by atoms with E-state index in [-0.39, 0.29) is 5.78 Å². The number of H-pyrrole nitrogens is 1. The van der Waals surface area contributed by atoms with Crippen LogP contribution in [0.1, 0.15) is 42.7 Å². The van der Waals surface area contributed by atoms with Gasteiger partial charge < -0.3 is 0 Å². The Morgan fingerprint density at radius 1 is 0.958 bits per heavy atom. The molecule has 1 heterocycles. The number of ketones is 1. The number of hydrogen-bond acceptors (Lipinski definition) is 4. The van der Waals surface area contributed by atoms with Crippen LogP contribution in [0.4, 0.5) is 0 Å². The monoisotopic (exact) mass is 337 g/mol. The second kappa shape index (κ2) is 7.01. The van der Waals surface area contributed by atoms with Gasteiger partial charge in [0.05, 0.1) is 0 Å². The predicted molar refractivity (Wildman–Crippen MR) is 96.5 cm³/mol. The summed E-state index contributed by atoms with van der Waals surface area (Å²) < 4.78 is 0. The van der Waals surface area contributed by atoms with Crippen molar-refractivity contribution in [1.82, 2.24) is 15.4 Å². The Hall–Kier alpha value is -2.40. The molecule has 0 aliphatic rings. The highest BCUT2D eigenvalue weighted by molar-refractivity contribution is 7.99. The fraction of sp³-hybridized carbons (Fsp3) is 0.211. The summed E-state index contributed by atoms with van der Waals surface area (Å²) in [5.74, 6) is 0.448. The SMILES string of the molecule is CC(=O)c1n[nH]nc1Sc1ccc(-c2ccc(C(C)C)cc2)cc1. The number of benzene rings is 2. The molecule has 0 unspecified atom stereocenters. The lowest BCUT2D eigenvalue weighted by Gasteiger charge is -2.07. The molecule has 0 bridgehead atoms. The summed E-state index contributed by atoms with van der Waals surface area (Å²) >= 11 is 1.43. The normalized spacial score (nSPS) is 11.0. The first kappa shape index (κ1) is 16.5. The van der Waals surface area contributed by atoms with Crippen LogP contribution in [-0.2, 0) is 0 Å². The van der Waals surface area contributed by atoms with Crippen LogP contribution in [0.25, 0.3) is 11.1 Å². The molecule has 122 valence electrons. The quantitative estimate of drug-likeness (QED) is 0.669. The molecule has 0 saturated carbocycles. The molecule has 24 heavy (non-hydrogen) atoms. The van der Waals surface area contributed by atoms with E-state index in [0.717, 1.165) is 4.90 Å². The van der Waals surface area contributed by atoms with Gasteiger partial charge in [-0.1, -0.05) is 62.0 Å². The smallest absolute Gasteiger partial charge is 0.182 e. The predicted octanol–water partition coefficient (Wildman–Crippen LogP) is 4.95. The summed E-state index contributed by atoms with van der Waals surface area (Å²) in [5.41, 5.74) is 4.09. The first-order valence-electron chi connectivity index (χ1n) is 7.84. The van der Waals surface area contributed by atoms with Crippen molar-refractivity contribution in [2.75, 3.05) is 0 Å². The van der Waals surface area contributed by atoms with E-state index in [4.69, 9.17) is 0 Å². The van der Waals surface area contributed by atoms with Crippen molar-refractivity contribution < 1.29 is 4.79 Å². The number of hydrogen-bond donors (Lipinski definition) is 1. The lowest BCUT2D eigenvalue weighted by atomic mass is 9.99. The molecule has 4 nitrogen and oxygen atoms in total. The van der Waals surface area contributed by atoms with Gasteiger partial charge >= 0.3 is 0 Å². The molecule has 1 N–H and O–H groups in total. The highest BCUT2D eigenvalue weighted by Crippen LogP contribution is 2.30. The molecule has 2 aromatic carbocycles. The zero-order valence-electron chi connectivity index (χ0n) is 13.9. The van der Waals surface area contributed by atoms with Crippen molar-refractivity contribution in [1.29, 1.82) is 0 Å². The zero-order valence-corrected chi connectivity index (χ0v) is 14.7. The fourth-order valence-electron chi connectivity index (χ4n) is 2.41. The standard InChI is InChI=1S/C19H19N3OS/c1-12(2)14-4-6-15(7-5-14)16-8-10-17(11-9-16)24-19-18(13(3)23)20-22-21-19/h4-12H,1-3H3,(H,20,21,22). The first-order chi connectivity index (χ1) is 11.5. The van der Waals surface area contributed by atoms with Crippen LogP contribution in [0, 0.1) is 0 Å². The summed E-state index contributed by atoms with van der Waals surface area (Å²) in [6.45, 7) is 5.88.